The summed E-state index contributed by atoms with van der Waals surface area (Å²) in [5, 5.41) is 0. The molecule has 3 aromatic rings. The van der Waals surface area contributed by atoms with Crippen LogP contribution >= 0.6 is 0 Å². The highest BCUT2D eigenvalue weighted by atomic mass is 15.1. The summed E-state index contributed by atoms with van der Waals surface area (Å²) in [6, 6.07) is 15.1. The number of aryl methyl sites for hydroxylation is 1. The van der Waals surface area contributed by atoms with Crippen molar-refractivity contribution in [1.29, 1.82) is 0 Å². The van der Waals surface area contributed by atoms with Crippen LogP contribution in [0.5, 0.6) is 0 Å². The van der Waals surface area contributed by atoms with E-state index in [1.165, 1.54) is 49.2 Å². The Bertz CT molecular complexity index is 798. The Hall–Kier alpha value is -2.13. The van der Waals surface area contributed by atoms with E-state index in [1.54, 1.807) is 0 Å². The molecule has 0 unspecified atom stereocenters. The summed E-state index contributed by atoms with van der Waals surface area (Å²) in [5.41, 5.74) is 4.99. The zero-order valence-electron chi connectivity index (χ0n) is 14.4. The highest BCUT2D eigenvalue weighted by Gasteiger charge is 2.20. The van der Waals surface area contributed by atoms with Gasteiger partial charge in [0.2, 0.25) is 0 Å². The molecule has 2 aromatic heterocycles. The van der Waals surface area contributed by atoms with Crippen LogP contribution in [0.2, 0.25) is 0 Å². The molecule has 4 rings (SSSR count). The zero-order valence-corrected chi connectivity index (χ0v) is 14.4. The van der Waals surface area contributed by atoms with Crippen molar-refractivity contribution in [3.05, 3.63) is 71.7 Å². The first-order chi connectivity index (χ1) is 11.8. The number of benzene rings is 1. The van der Waals surface area contributed by atoms with Crippen molar-refractivity contribution >= 4 is 5.65 Å². The Morgan fingerprint density at radius 3 is 2.58 bits per heavy atom. The minimum absolute atomic E-state index is 0.826. The molecule has 0 aliphatic carbocycles. The predicted molar refractivity (Wildman–Crippen MR) is 98.1 cm³/mol. The number of pyridine rings is 1. The van der Waals surface area contributed by atoms with E-state index in [2.05, 4.69) is 71.1 Å². The molecule has 1 fully saturated rings. The van der Waals surface area contributed by atoms with Crippen molar-refractivity contribution in [2.45, 2.75) is 32.7 Å². The van der Waals surface area contributed by atoms with Crippen LogP contribution < -0.4 is 0 Å². The van der Waals surface area contributed by atoms with Crippen molar-refractivity contribution in [3.8, 4) is 0 Å². The second-order valence-electron chi connectivity index (χ2n) is 7.06. The number of imidazole rings is 1. The van der Waals surface area contributed by atoms with Gasteiger partial charge in [-0.2, -0.15) is 0 Å². The molecule has 1 saturated heterocycles. The van der Waals surface area contributed by atoms with E-state index in [4.69, 9.17) is 4.98 Å². The molecule has 0 atom stereocenters. The normalized spacial score (nSPS) is 16.7. The Balaban J connectivity index is 1.35. The minimum atomic E-state index is 0.826. The first kappa shape index (κ1) is 15.4. The van der Waals surface area contributed by atoms with Crippen molar-refractivity contribution in [1.82, 2.24) is 14.3 Å². The van der Waals surface area contributed by atoms with Crippen LogP contribution in [0.4, 0.5) is 0 Å². The molecule has 1 aliphatic heterocycles. The summed E-state index contributed by atoms with van der Waals surface area (Å²) in [5.74, 6) is 0.826. The van der Waals surface area contributed by atoms with E-state index < -0.39 is 0 Å². The van der Waals surface area contributed by atoms with Crippen molar-refractivity contribution in [2.75, 3.05) is 13.1 Å². The standard InChI is InChI=1S/C21H25N3/c1-17-6-5-11-24-16-20(22-21(17)24)15-23-12-9-19(10-13-23)14-18-7-3-2-4-8-18/h2-8,11,16,19H,9-10,12-15H2,1H3. The number of piperidine rings is 1. The molecule has 0 spiro atoms. The minimum Gasteiger partial charge on any atom is -0.307 e. The molecule has 0 saturated carbocycles. The zero-order chi connectivity index (χ0) is 16.4. The molecule has 0 bridgehead atoms. The van der Waals surface area contributed by atoms with Crippen molar-refractivity contribution < 1.29 is 0 Å². The van der Waals surface area contributed by atoms with Crippen LogP contribution in [0.25, 0.3) is 5.65 Å². The fourth-order valence-corrected chi connectivity index (χ4v) is 3.81. The average molecular weight is 319 g/mol. The number of likely N-dealkylation sites (tertiary alicyclic amines) is 1. The van der Waals surface area contributed by atoms with Gasteiger partial charge in [-0.1, -0.05) is 36.4 Å². The highest BCUT2D eigenvalue weighted by Crippen LogP contribution is 2.23. The fourth-order valence-electron chi connectivity index (χ4n) is 3.81. The molecular weight excluding hydrogens is 294 g/mol. The lowest BCUT2D eigenvalue weighted by atomic mass is 9.90. The monoisotopic (exact) mass is 319 g/mol. The smallest absolute Gasteiger partial charge is 0.139 e. The van der Waals surface area contributed by atoms with Crippen LogP contribution in [0.3, 0.4) is 0 Å². The first-order valence-electron chi connectivity index (χ1n) is 8.97. The molecule has 0 amide bonds. The van der Waals surface area contributed by atoms with Gasteiger partial charge >= 0.3 is 0 Å². The van der Waals surface area contributed by atoms with Crippen molar-refractivity contribution in [3.63, 3.8) is 0 Å². The number of aromatic nitrogens is 2. The molecule has 124 valence electrons. The summed E-state index contributed by atoms with van der Waals surface area (Å²) >= 11 is 0. The quantitative estimate of drug-likeness (QED) is 0.722. The van der Waals surface area contributed by atoms with Crippen molar-refractivity contribution in [2.24, 2.45) is 5.92 Å². The van der Waals surface area contributed by atoms with Crippen LogP contribution in [0.1, 0.15) is 29.7 Å². The molecule has 1 aliphatic rings. The molecule has 3 nitrogen and oxygen atoms in total. The molecule has 0 N–H and O–H groups in total. The van der Waals surface area contributed by atoms with Gasteiger partial charge in [-0.25, -0.2) is 4.98 Å². The molecular formula is C21H25N3. The van der Waals surface area contributed by atoms with E-state index in [9.17, 15) is 0 Å². The van der Waals surface area contributed by atoms with E-state index in [0.717, 1.165) is 18.1 Å². The van der Waals surface area contributed by atoms with Crippen LogP contribution in [0, 0.1) is 12.8 Å². The Kier molecular flexibility index (Phi) is 4.35. The fraction of sp³-hybridized carbons (Fsp3) is 0.381. The summed E-state index contributed by atoms with van der Waals surface area (Å²) in [4.78, 5) is 7.37. The van der Waals surface area contributed by atoms with Gasteiger partial charge in [-0.3, -0.25) is 4.90 Å². The largest absolute Gasteiger partial charge is 0.307 e. The first-order valence-corrected chi connectivity index (χ1v) is 8.97. The van der Waals surface area contributed by atoms with Gasteiger partial charge < -0.3 is 4.40 Å². The molecule has 0 radical (unpaired) electrons. The van der Waals surface area contributed by atoms with Gasteiger partial charge in [0.15, 0.2) is 0 Å². The average Bonchev–Trinajstić information content (AvgIpc) is 3.02. The van der Waals surface area contributed by atoms with Gasteiger partial charge in [0.1, 0.15) is 5.65 Å². The third kappa shape index (κ3) is 3.36. The summed E-state index contributed by atoms with van der Waals surface area (Å²) < 4.78 is 2.15. The van der Waals surface area contributed by atoms with E-state index in [1.807, 2.05) is 0 Å². The van der Waals surface area contributed by atoms with E-state index in [0.29, 0.717) is 0 Å². The Labute approximate surface area is 143 Å². The maximum atomic E-state index is 4.81. The third-order valence-electron chi connectivity index (χ3n) is 5.19. The summed E-state index contributed by atoms with van der Waals surface area (Å²) in [7, 11) is 0. The van der Waals surface area contributed by atoms with Crippen LogP contribution in [-0.4, -0.2) is 27.4 Å². The molecule has 3 heterocycles. The van der Waals surface area contributed by atoms with Gasteiger partial charge in [-0.05, 0) is 62.4 Å². The number of hydrogen-bond donors (Lipinski definition) is 0. The van der Waals surface area contributed by atoms with Gasteiger partial charge in [0, 0.05) is 18.9 Å². The van der Waals surface area contributed by atoms with Crippen LogP contribution in [-0.2, 0) is 13.0 Å². The van der Waals surface area contributed by atoms with Gasteiger partial charge in [-0.15, -0.1) is 0 Å². The lowest BCUT2D eigenvalue weighted by Gasteiger charge is -2.31. The topological polar surface area (TPSA) is 20.5 Å². The Morgan fingerprint density at radius 2 is 1.83 bits per heavy atom. The highest BCUT2D eigenvalue weighted by molar-refractivity contribution is 5.47. The molecule has 1 aromatic carbocycles. The second kappa shape index (κ2) is 6.78. The lowest BCUT2D eigenvalue weighted by molar-refractivity contribution is 0.175. The maximum absolute atomic E-state index is 4.81. The van der Waals surface area contributed by atoms with Crippen LogP contribution in [0.15, 0.2) is 54.9 Å². The SMILES string of the molecule is Cc1cccn2cc(CN3CCC(Cc4ccccc4)CC3)nc12. The molecule has 3 heteroatoms. The predicted octanol–water partition coefficient (Wildman–Crippen LogP) is 4.10. The second-order valence-corrected chi connectivity index (χ2v) is 7.06. The summed E-state index contributed by atoms with van der Waals surface area (Å²) in [6.07, 6.45) is 8.08. The number of nitrogens with zero attached hydrogens (tertiary/aromatic N) is 3. The number of hydrogen-bond acceptors (Lipinski definition) is 2. The molecule has 24 heavy (non-hydrogen) atoms. The number of fused-ring (bicyclic) bond motifs is 1. The van der Waals surface area contributed by atoms with Gasteiger partial charge in [0.05, 0.1) is 5.69 Å². The number of rotatable bonds is 4. The Morgan fingerprint density at radius 1 is 1.04 bits per heavy atom. The maximum Gasteiger partial charge on any atom is 0.139 e. The van der Waals surface area contributed by atoms with Gasteiger partial charge in [0.25, 0.3) is 0 Å². The summed E-state index contributed by atoms with van der Waals surface area (Å²) in [6.45, 7) is 5.47. The van der Waals surface area contributed by atoms with E-state index in [-0.39, 0.29) is 0 Å². The third-order valence-corrected chi connectivity index (χ3v) is 5.19. The van der Waals surface area contributed by atoms with E-state index >= 15 is 0 Å². The lowest BCUT2D eigenvalue weighted by Crippen LogP contribution is -2.33.